The molecule has 0 aromatic heterocycles. The molecule has 0 bridgehead atoms. The molecule has 0 radical (unpaired) electrons. The van der Waals surface area contributed by atoms with Crippen molar-refractivity contribution in [1.29, 1.82) is 0 Å². The zero-order chi connectivity index (χ0) is 21.0. The van der Waals surface area contributed by atoms with E-state index in [1.807, 2.05) is 0 Å². The van der Waals surface area contributed by atoms with Gasteiger partial charge in [0.25, 0.3) is 0 Å². The van der Waals surface area contributed by atoms with Gasteiger partial charge in [0, 0.05) is 6.61 Å². The quantitative estimate of drug-likeness (QED) is 0.291. The Morgan fingerprint density at radius 3 is 1.69 bits per heavy atom. The normalized spacial score (nSPS) is 17.3. The molecule has 26 heavy (non-hydrogen) atoms. The molecular formula is C10H15F11O3Si2. The van der Waals surface area contributed by atoms with Gasteiger partial charge in [-0.2, -0.15) is 48.3 Å². The summed E-state index contributed by atoms with van der Waals surface area (Å²) in [6, 6.07) is 0.0359. The van der Waals surface area contributed by atoms with E-state index in [1.54, 1.807) is 13.1 Å². The van der Waals surface area contributed by atoms with Gasteiger partial charge >= 0.3 is 30.2 Å². The van der Waals surface area contributed by atoms with E-state index in [0.29, 0.717) is 0 Å². The Hall–Kier alpha value is -0.456. The van der Waals surface area contributed by atoms with Crippen LogP contribution in [0.4, 0.5) is 48.3 Å². The zero-order valence-electron chi connectivity index (χ0n) is 13.3. The summed E-state index contributed by atoms with van der Waals surface area (Å²) in [5.41, 5.74) is 0. The Kier molecular flexibility index (Phi) is 8.55. The highest BCUT2D eigenvalue weighted by atomic mass is 28.3. The van der Waals surface area contributed by atoms with Crippen LogP contribution in [0.25, 0.3) is 0 Å². The first-order chi connectivity index (χ1) is 11.4. The third-order valence-electron chi connectivity index (χ3n) is 2.61. The fourth-order valence-electron chi connectivity index (χ4n) is 1.28. The van der Waals surface area contributed by atoms with Crippen molar-refractivity contribution in [2.24, 2.45) is 0 Å². The third-order valence-corrected chi connectivity index (χ3v) is 6.79. The van der Waals surface area contributed by atoms with Crippen LogP contribution in [0.2, 0.25) is 19.1 Å². The van der Waals surface area contributed by atoms with Crippen molar-refractivity contribution in [3.63, 3.8) is 0 Å². The van der Waals surface area contributed by atoms with E-state index >= 15 is 0 Å². The molecule has 1 atom stereocenters. The highest BCUT2D eigenvalue weighted by Gasteiger charge is 2.78. The number of hydrogen-bond acceptors (Lipinski definition) is 3. The second-order valence-corrected chi connectivity index (χ2v) is 9.79. The standard InChI is InChI=1S/C10H15F11O3Si2/c1-26(2)24-25-4-3-22-5-6(11,8(14,15)16)23-10(20,21)7(12,13)9(17,18)19/h26H,3-5,25H2,1-2H3. The number of alkyl halides is 11. The van der Waals surface area contributed by atoms with E-state index in [2.05, 4.69) is 9.47 Å². The lowest BCUT2D eigenvalue weighted by molar-refractivity contribution is -0.486. The summed E-state index contributed by atoms with van der Waals surface area (Å²) in [5.74, 6) is -12.6. The topological polar surface area (TPSA) is 27.7 Å². The first-order valence-corrected chi connectivity index (χ1v) is 11.2. The lowest BCUT2D eigenvalue weighted by atomic mass is 10.2. The summed E-state index contributed by atoms with van der Waals surface area (Å²) in [4.78, 5) is 0. The summed E-state index contributed by atoms with van der Waals surface area (Å²) >= 11 is 0. The van der Waals surface area contributed by atoms with E-state index in [1.165, 1.54) is 0 Å². The van der Waals surface area contributed by atoms with Gasteiger partial charge in [0.15, 0.2) is 9.04 Å². The molecule has 0 fully saturated rings. The SMILES string of the molecule is C[SiH](C)O[SiH2]CCOCC(F)(OC(F)(F)C(F)(F)C(F)(F)F)C(F)(F)F. The number of ether oxygens (including phenoxy) is 2. The van der Waals surface area contributed by atoms with Crippen molar-refractivity contribution >= 4 is 18.8 Å². The number of halogens is 11. The molecular weight excluding hydrogens is 433 g/mol. The monoisotopic (exact) mass is 448 g/mol. The number of hydrogen-bond donors (Lipinski definition) is 0. The Balaban J connectivity index is 5.09. The number of rotatable bonds is 10. The fourth-order valence-corrected chi connectivity index (χ4v) is 4.16. The minimum Gasteiger partial charge on any atom is -0.463 e. The third kappa shape index (κ3) is 6.61. The van der Waals surface area contributed by atoms with E-state index in [-0.39, 0.29) is 6.04 Å². The van der Waals surface area contributed by atoms with Gasteiger partial charge in [-0.3, -0.25) is 4.74 Å². The maximum absolute atomic E-state index is 13.7. The van der Waals surface area contributed by atoms with Crippen LogP contribution in [0.15, 0.2) is 0 Å². The van der Waals surface area contributed by atoms with Crippen LogP contribution in [0, 0.1) is 0 Å². The Bertz CT molecular complexity index is 441. The van der Waals surface area contributed by atoms with Crippen molar-refractivity contribution in [3.05, 3.63) is 0 Å². The van der Waals surface area contributed by atoms with Crippen molar-refractivity contribution in [1.82, 2.24) is 0 Å². The average molecular weight is 448 g/mol. The van der Waals surface area contributed by atoms with Gasteiger partial charge in [-0.25, -0.2) is 0 Å². The Morgan fingerprint density at radius 1 is 0.808 bits per heavy atom. The minimum atomic E-state index is -7.06. The molecule has 0 heterocycles. The maximum Gasteiger partial charge on any atom is 0.462 e. The largest absolute Gasteiger partial charge is 0.463 e. The van der Waals surface area contributed by atoms with Crippen LogP contribution in [-0.4, -0.2) is 62.3 Å². The molecule has 0 spiro atoms. The molecule has 0 aromatic rings. The Labute approximate surface area is 144 Å². The maximum atomic E-state index is 13.7. The summed E-state index contributed by atoms with van der Waals surface area (Å²) in [7, 11) is -2.64. The molecule has 16 heteroatoms. The van der Waals surface area contributed by atoms with Crippen molar-refractivity contribution < 1.29 is 61.9 Å². The molecule has 0 saturated heterocycles. The molecule has 0 rings (SSSR count). The second kappa shape index (κ2) is 8.70. The van der Waals surface area contributed by atoms with Crippen molar-refractivity contribution in [3.8, 4) is 0 Å². The first kappa shape index (κ1) is 25.5. The first-order valence-electron chi connectivity index (χ1n) is 6.85. The summed E-state index contributed by atoms with van der Waals surface area (Å²) in [5, 5.41) is 0. The predicted octanol–water partition coefficient (Wildman–Crippen LogP) is 3.54. The lowest BCUT2D eigenvalue weighted by Crippen LogP contribution is -2.60. The fraction of sp³-hybridized carbons (Fsp3) is 1.00. The highest BCUT2D eigenvalue weighted by Crippen LogP contribution is 2.50. The van der Waals surface area contributed by atoms with Crippen LogP contribution in [0.3, 0.4) is 0 Å². The van der Waals surface area contributed by atoms with Crippen LogP contribution in [-0.2, 0) is 13.6 Å². The van der Waals surface area contributed by atoms with Gasteiger partial charge < -0.3 is 8.85 Å². The highest BCUT2D eigenvalue weighted by molar-refractivity contribution is 6.56. The molecule has 0 saturated carbocycles. The van der Waals surface area contributed by atoms with Crippen LogP contribution in [0.1, 0.15) is 0 Å². The molecule has 3 nitrogen and oxygen atoms in total. The van der Waals surface area contributed by atoms with Crippen LogP contribution in [0.5, 0.6) is 0 Å². The van der Waals surface area contributed by atoms with E-state index in [0.717, 1.165) is 0 Å². The minimum absolute atomic E-state index is 0.0359. The zero-order valence-corrected chi connectivity index (χ0v) is 15.9. The Morgan fingerprint density at radius 2 is 1.31 bits per heavy atom. The molecule has 158 valence electrons. The van der Waals surface area contributed by atoms with Gasteiger partial charge in [0.1, 0.15) is 16.4 Å². The van der Waals surface area contributed by atoms with Gasteiger partial charge in [0.05, 0.1) is 0 Å². The van der Waals surface area contributed by atoms with E-state index in [9.17, 15) is 48.3 Å². The predicted molar refractivity (Wildman–Crippen MR) is 71.1 cm³/mol. The molecule has 0 amide bonds. The average Bonchev–Trinajstić information content (AvgIpc) is 2.39. The van der Waals surface area contributed by atoms with E-state index < -0.39 is 62.3 Å². The second-order valence-electron chi connectivity index (χ2n) is 5.24. The summed E-state index contributed by atoms with van der Waals surface area (Å²) in [6.45, 7) is 0.592. The molecule has 0 aliphatic carbocycles. The molecule has 0 aromatic carbocycles. The van der Waals surface area contributed by atoms with Crippen LogP contribution < -0.4 is 0 Å². The molecule has 1 unspecified atom stereocenters. The van der Waals surface area contributed by atoms with Crippen molar-refractivity contribution in [2.75, 3.05) is 13.2 Å². The van der Waals surface area contributed by atoms with Gasteiger partial charge in [0.2, 0.25) is 0 Å². The van der Waals surface area contributed by atoms with Gasteiger partial charge in [-0.05, 0) is 19.1 Å². The summed E-state index contributed by atoms with van der Waals surface area (Å²) < 4.78 is 150. The van der Waals surface area contributed by atoms with Crippen molar-refractivity contribution in [2.45, 2.75) is 49.4 Å². The van der Waals surface area contributed by atoms with E-state index in [4.69, 9.17) is 4.12 Å². The smallest absolute Gasteiger partial charge is 0.462 e. The molecule has 0 N–H and O–H groups in total. The molecule has 0 aliphatic heterocycles. The summed E-state index contributed by atoms with van der Waals surface area (Å²) in [6.07, 6.45) is -20.2. The van der Waals surface area contributed by atoms with Gasteiger partial charge in [-0.15, -0.1) is 0 Å². The van der Waals surface area contributed by atoms with Gasteiger partial charge in [-0.1, -0.05) is 0 Å². The molecule has 0 aliphatic rings. The lowest BCUT2D eigenvalue weighted by Gasteiger charge is -2.34. The van der Waals surface area contributed by atoms with Crippen LogP contribution >= 0.6 is 0 Å².